The fraction of sp³-hybridized carbons (Fsp3) is 0.778. The Morgan fingerprint density at radius 2 is 2.18 bits per heavy atom. The third-order valence-corrected chi connectivity index (χ3v) is 3.85. The van der Waals surface area contributed by atoms with Crippen LogP contribution in [-0.2, 0) is 13.8 Å². The van der Waals surface area contributed by atoms with Gasteiger partial charge in [0.25, 0.3) is 14.2 Å². The second kappa shape index (κ2) is 4.55. The smallest absolute Gasteiger partial charge is 0.296 e. The quantitative estimate of drug-likeness (QED) is 0.780. The number of halogens is 1. The lowest BCUT2D eigenvalue weighted by Gasteiger charge is -2.15. The summed E-state index contributed by atoms with van der Waals surface area (Å²) in [7, 11) is 1.48. The van der Waals surface area contributed by atoms with Gasteiger partial charge in [0.05, 0.1) is 6.61 Å². The zero-order valence-corrected chi connectivity index (χ0v) is 11.2. The van der Waals surface area contributed by atoms with Crippen LogP contribution < -0.4 is 0 Å². The summed E-state index contributed by atoms with van der Waals surface area (Å²) < 4.78 is 29.6. The van der Waals surface area contributed by atoms with Crippen molar-refractivity contribution in [3.63, 3.8) is 0 Å². The van der Waals surface area contributed by atoms with Crippen molar-refractivity contribution in [2.75, 3.05) is 13.2 Å². The molecule has 0 spiro atoms. The minimum absolute atomic E-state index is 0.0656. The maximum absolute atomic E-state index is 11.4. The minimum atomic E-state index is -3.87. The summed E-state index contributed by atoms with van der Waals surface area (Å²) in [5.41, 5.74) is 0. The fourth-order valence-corrected chi connectivity index (χ4v) is 2.95. The van der Waals surface area contributed by atoms with Gasteiger partial charge in [-0.3, -0.25) is 4.57 Å². The molecule has 96 valence electrons. The zero-order chi connectivity index (χ0) is 12.6. The second-order valence-electron chi connectivity index (χ2n) is 4.30. The summed E-state index contributed by atoms with van der Waals surface area (Å²) >= 11 is 0. The van der Waals surface area contributed by atoms with Crippen LogP contribution in [0.4, 0.5) is 0 Å². The molecule has 1 fully saturated rings. The first-order valence-electron chi connectivity index (χ1n) is 5.38. The van der Waals surface area contributed by atoms with Gasteiger partial charge in [0.2, 0.25) is 0 Å². The highest BCUT2D eigenvalue weighted by atomic mass is 35.7. The van der Waals surface area contributed by atoms with Crippen LogP contribution in [0, 0.1) is 0 Å². The molecule has 1 aliphatic rings. The molecular weight excluding hydrogens is 266 g/mol. The van der Waals surface area contributed by atoms with Gasteiger partial charge in [-0.25, -0.2) is 8.42 Å². The first-order valence-corrected chi connectivity index (χ1v) is 7.69. The Balaban J connectivity index is 2.50. The van der Waals surface area contributed by atoms with E-state index in [1.54, 1.807) is 4.57 Å². The molecule has 1 aromatic heterocycles. The van der Waals surface area contributed by atoms with E-state index in [4.69, 9.17) is 15.4 Å². The van der Waals surface area contributed by atoms with Crippen molar-refractivity contribution in [2.24, 2.45) is 0 Å². The van der Waals surface area contributed by atoms with Gasteiger partial charge in [-0.1, -0.05) is 0 Å². The van der Waals surface area contributed by atoms with E-state index in [1.807, 2.05) is 13.8 Å². The Labute approximate surface area is 104 Å². The van der Waals surface area contributed by atoms with Crippen LogP contribution in [0.2, 0.25) is 0 Å². The van der Waals surface area contributed by atoms with Crippen molar-refractivity contribution in [3.8, 4) is 0 Å². The second-order valence-corrected chi connectivity index (χ2v) is 6.76. The predicted molar refractivity (Wildman–Crippen MR) is 61.6 cm³/mol. The molecule has 0 N–H and O–H groups in total. The van der Waals surface area contributed by atoms with Crippen LogP contribution in [0.1, 0.15) is 38.1 Å². The number of hydrogen-bond donors (Lipinski definition) is 0. The average Bonchev–Trinajstić information content (AvgIpc) is 2.84. The molecule has 1 unspecified atom stereocenters. The first-order chi connectivity index (χ1) is 7.91. The van der Waals surface area contributed by atoms with Crippen LogP contribution in [-0.4, -0.2) is 36.4 Å². The highest BCUT2D eigenvalue weighted by Crippen LogP contribution is 2.28. The van der Waals surface area contributed by atoms with Gasteiger partial charge in [0, 0.05) is 29.2 Å². The third-order valence-electron chi connectivity index (χ3n) is 2.72. The maximum atomic E-state index is 11.4. The molecule has 8 heteroatoms. The predicted octanol–water partition coefficient (Wildman–Crippen LogP) is 1.29. The Morgan fingerprint density at radius 1 is 1.47 bits per heavy atom. The number of ether oxygens (including phenoxy) is 1. The Hall–Kier alpha value is -0.660. The first kappa shape index (κ1) is 12.8. The van der Waals surface area contributed by atoms with Crippen LogP contribution in [0.15, 0.2) is 5.16 Å². The third kappa shape index (κ3) is 2.46. The van der Waals surface area contributed by atoms with E-state index >= 15 is 0 Å². The molecule has 2 rings (SSSR count). The summed E-state index contributed by atoms with van der Waals surface area (Å²) in [6.07, 6.45) is 0.827. The highest BCUT2D eigenvalue weighted by molar-refractivity contribution is 8.13. The molecule has 0 saturated carbocycles. The molecule has 0 aliphatic carbocycles. The molecule has 1 aromatic rings. The molecule has 1 atom stereocenters. The topological polar surface area (TPSA) is 74.1 Å². The fourth-order valence-electron chi connectivity index (χ4n) is 1.96. The van der Waals surface area contributed by atoms with Crippen molar-refractivity contribution in [2.45, 2.75) is 37.4 Å². The standard InChI is InChI=1S/C9H14ClN3O3S/c1-6(2)13-8(7-3-4-16-5-7)11-12-9(13)17(10,14)15/h6-7H,3-5H2,1-2H3. The van der Waals surface area contributed by atoms with E-state index in [0.29, 0.717) is 19.0 Å². The number of aromatic nitrogens is 3. The zero-order valence-electron chi connectivity index (χ0n) is 9.63. The van der Waals surface area contributed by atoms with Crippen molar-refractivity contribution in [1.29, 1.82) is 0 Å². The summed E-state index contributed by atoms with van der Waals surface area (Å²) in [6.45, 7) is 4.95. The van der Waals surface area contributed by atoms with Gasteiger partial charge in [-0.15, -0.1) is 10.2 Å². The summed E-state index contributed by atoms with van der Waals surface area (Å²) in [4.78, 5) is 0. The molecule has 1 saturated heterocycles. The Bertz CT molecular complexity index is 506. The average molecular weight is 280 g/mol. The number of nitrogens with zero attached hydrogens (tertiary/aromatic N) is 3. The van der Waals surface area contributed by atoms with E-state index in [9.17, 15) is 8.42 Å². The Kier molecular flexibility index (Phi) is 3.42. The molecule has 0 amide bonds. The van der Waals surface area contributed by atoms with Crippen LogP contribution >= 0.6 is 10.7 Å². The van der Waals surface area contributed by atoms with Gasteiger partial charge in [-0.2, -0.15) is 0 Å². The van der Waals surface area contributed by atoms with E-state index in [-0.39, 0.29) is 17.1 Å². The lowest BCUT2D eigenvalue weighted by atomic mass is 10.1. The van der Waals surface area contributed by atoms with Gasteiger partial charge >= 0.3 is 0 Å². The number of rotatable bonds is 3. The van der Waals surface area contributed by atoms with E-state index in [1.165, 1.54) is 0 Å². The minimum Gasteiger partial charge on any atom is -0.381 e. The maximum Gasteiger partial charge on any atom is 0.296 e. The molecule has 0 aromatic carbocycles. The van der Waals surface area contributed by atoms with Crippen molar-refractivity contribution in [1.82, 2.24) is 14.8 Å². The van der Waals surface area contributed by atoms with Gasteiger partial charge < -0.3 is 4.74 Å². The van der Waals surface area contributed by atoms with E-state index in [2.05, 4.69) is 10.2 Å². The van der Waals surface area contributed by atoms with Crippen LogP contribution in [0.3, 0.4) is 0 Å². The van der Waals surface area contributed by atoms with Gasteiger partial charge in [0.1, 0.15) is 5.82 Å². The monoisotopic (exact) mass is 279 g/mol. The van der Waals surface area contributed by atoms with Crippen molar-refractivity contribution >= 4 is 19.7 Å². The molecule has 1 aliphatic heterocycles. The normalized spacial score (nSPS) is 21.3. The van der Waals surface area contributed by atoms with Crippen molar-refractivity contribution < 1.29 is 13.2 Å². The summed E-state index contributed by atoms with van der Waals surface area (Å²) in [6, 6.07) is -0.0656. The Morgan fingerprint density at radius 3 is 2.65 bits per heavy atom. The lowest BCUT2D eigenvalue weighted by molar-refractivity contribution is 0.192. The summed E-state index contributed by atoms with van der Waals surface area (Å²) in [5.74, 6) is 0.730. The molecule has 6 nitrogen and oxygen atoms in total. The van der Waals surface area contributed by atoms with Crippen LogP contribution in [0.5, 0.6) is 0 Å². The largest absolute Gasteiger partial charge is 0.381 e. The van der Waals surface area contributed by atoms with E-state index < -0.39 is 9.05 Å². The highest BCUT2D eigenvalue weighted by Gasteiger charge is 2.30. The molecular formula is C9H14ClN3O3S. The number of hydrogen-bond acceptors (Lipinski definition) is 5. The summed E-state index contributed by atoms with van der Waals surface area (Å²) in [5, 5.41) is 7.46. The molecule has 17 heavy (non-hydrogen) atoms. The van der Waals surface area contributed by atoms with Gasteiger partial charge in [0.15, 0.2) is 0 Å². The SMILES string of the molecule is CC(C)n1c(C2CCOC2)nnc1S(=O)(=O)Cl. The lowest BCUT2D eigenvalue weighted by Crippen LogP contribution is -2.15. The molecule has 0 bridgehead atoms. The van der Waals surface area contributed by atoms with Crippen LogP contribution in [0.25, 0.3) is 0 Å². The van der Waals surface area contributed by atoms with E-state index in [0.717, 1.165) is 6.42 Å². The molecule has 0 radical (unpaired) electrons. The molecule has 2 heterocycles. The van der Waals surface area contributed by atoms with Crippen molar-refractivity contribution in [3.05, 3.63) is 5.82 Å². The van der Waals surface area contributed by atoms with Gasteiger partial charge in [-0.05, 0) is 20.3 Å².